The van der Waals surface area contributed by atoms with E-state index in [1.165, 1.54) is 23.6 Å². The molecule has 1 aliphatic rings. The van der Waals surface area contributed by atoms with Gasteiger partial charge in [0, 0.05) is 30.7 Å². The van der Waals surface area contributed by atoms with Crippen molar-refractivity contribution in [1.82, 2.24) is 10.2 Å². The van der Waals surface area contributed by atoms with Crippen molar-refractivity contribution < 1.29 is 24.3 Å². The van der Waals surface area contributed by atoms with Crippen LogP contribution in [0.5, 0.6) is 0 Å². The van der Waals surface area contributed by atoms with E-state index in [0.29, 0.717) is 5.75 Å². The lowest BCUT2D eigenvalue weighted by Crippen LogP contribution is -2.46. The van der Waals surface area contributed by atoms with Gasteiger partial charge in [-0.1, -0.05) is 0 Å². The standard InChI is InChI=1S/C13H22N2O3S.CH2O2/c1-8(14-9(2)16)7-19-10-6-11(17)15(12(10)18)13(3,4)5;2-1-3/h8,10H,6-7H2,1-5H3,(H,14,16);1H,(H,2,3). The monoisotopic (exact) mass is 332 g/mol. The molecule has 0 aliphatic carbocycles. The summed E-state index contributed by atoms with van der Waals surface area (Å²) in [6.07, 6.45) is 0.258. The molecule has 0 radical (unpaired) electrons. The molecule has 8 heteroatoms. The van der Waals surface area contributed by atoms with E-state index in [4.69, 9.17) is 9.90 Å². The quantitative estimate of drug-likeness (QED) is 0.585. The van der Waals surface area contributed by atoms with Crippen LogP contribution >= 0.6 is 11.8 Å². The molecule has 126 valence electrons. The third-order valence-electron chi connectivity index (χ3n) is 2.77. The second-order valence-corrected chi connectivity index (χ2v) is 7.21. The Morgan fingerprint density at radius 2 is 2.00 bits per heavy atom. The minimum absolute atomic E-state index is 0.00547. The number of amides is 3. The van der Waals surface area contributed by atoms with E-state index < -0.39 is 5.54 Å². The van der Waals surface area contributed by atoms with Crippen LogP contribution in [0, 0.1) is 0 Å². The molecule has 0 spiro atoms. The number of likely N-dealkylation sites (tertiary alicyclic amines) is 1. The minimum atomic E-state index is -0.466. The number of carbonyl (C=O) groups is 4. The van der Waals surface area contributed by atoms with Crippen LogP contribution in [0.25, 0.3) is 0 Å². The number of carbonyl (C=O) groups excluding carboxylic acids is 3. The highest BCUT2D eigenvalue weighted by Crippen LogP contribution is 2.30. The zero-order chi connectivity index (χ0) is 17.5. The summed E-state index contributed by atoms with van der Waals surface area (Å²) >= 11 is 1.44. The van der Waals surface area contributed by atoms with Crippen LogP contribution in [0.2, 0.25) is 0 Å². The average Bonchev–Trinajstić information content (AvgIpc) is 2.61. The highest BCUT2D eigenvalue weighted by Gasteiger charge is 2.44. The van der Waals surface area contributed by atoms with Gasteiger partial charge in [0.1, 0.15) is 0 Å². The molecule has 1 fully saturated rings. The molecule has 22 heavy (non-hydrogen) atoms. The Morgan fingerprint density at radius 1 is 1.50 bits per heavy atom. The topological polar surface area (TPSA) is 104 Å². The minimum Gasteiger partial charge on any atom is -0.483 e. The molecule has 0 aromatic rings. The number of thioether (sulfide) groups is 1. The summed E-state index contributed by atoms with van der Waals surface area (Å²) in [6.45, 7) is 8.67. The first-order valence-electron chi connectivity index (χ1n) is 6.88. The van der Waals surface area contributed by atoms with Crippen molar-refractivity contribution in [3.8, 4) is 0 Å². The summed E-state index contributed by atoms with van der Waals surface area (Å²) in [5.41, 5.74) is -0.466. The highest BCUT2D eigenvalue weighted by molar-refractivity contribution is 8.00. The Hall–Kier alpha value is -1.57. The fourth-order valence-corrected chi connectivity index (χ4v) is 3.20. The molecule has 1 aliphatic heterocycles. The van der Waals surface area contributed by atoms with Gasteiger partial charge in [-0.05, 0) is 27.7 Å². The van der Waals surface area contributed by atoms with Gasteiger partial charge in [-0.3, -0.25) is 24.1 Å². The summed E-state index contributed by atoms with van der Waals surface area (Å²) in [5, 5.41) is 9.34. The van der Waals surface area contributed by atoms with Gasteiger partial charge in [0.05, 0.1) is 5.25 Å². The van der Waals surface area contributed by atoms with E-state index in [2.05, 4.69) is 5.32 Å². The van der Waals surface area contributed by atoms with Crippen LogP contribution in [-0.4, -0.2) is 56.8 Å². The number of carboxylic acid groups (broad SMARTS) is 1. The van der Waals surface area contributed by atoms with E-state index in [1.807, 2.05) is 27.7 Å². The number of imide groups is 1. The summed E-state index contributed by atoms with van der Waals surface area (Å²) in [6, 6.07) is -0.00547. The number of hydrogen-bond donors (Lipinski definition) is 2. The van der Waals surface area contributed by atoms with Crippen LogP contribution < -0.4 is 5.32 Å². The Balaban J connectivity index is 0.00000135. The van der Waals surface area contributed by atoms with E-state index >= 15 is 0 Å². The maximum Gasteiger partial charge on any atom is 0.290 e. The maximum absolute atomic E-state index is 12.2. The maximum atomic E-state index is 12.2. The number of nitrogens with zero attached hydrogens (tertiary/aromatic N) is 1. The molecule has 1 rings (SSSR count). The van der Waals surface area contributed by atoms with Gasteiger partial charge in [0.2, 0.25) is 17.7 Å². The fourth-order valence-electron chi connectivity index (χ4n) is 2.09. The molecule has 2 unspecified atom stereocenters. The normalized spacial score (nSPS) is 19.3. The number of rotatable bonds is 4. The van der Waals surface area contributed by atoms with Crippen LogP contribution in [0.4, 0.5) is 0 Å². The molecule has 7 nitrogen and oxygen atoms in total. The van der Waals surface area contributed by atoms with Gasteiger partial charge in [-0.15, -0.1) is 11.8 Å². The van der Waals surface area contributed by atoms with E-state index in [1.54, 1.807) is 0 Å². The van der Waals surface area contributed by atoms with E-state index in [-0.39, 0.29) is 41.9 Å². The molecule has 0 aromatic carbocycles. The average molecular weight is 332 g/mol. The summed E-state index contributed by atoms with van der Waals surface area (Å²) in [7, 11) is 0. The Morgan fingerprint density at radius 3 is 2.36 bits per heavy atom. The van der Waals surface area contributed by atoms with Gasteiger partial charge < -0.3 is 10.4 Å². The zero-order valence-electron chi connectivity index (χ0n) is 13.6. The fraction of sp³-hybridized carbons (Fsp3) is 0.714. The van der Waals surface area contributed by atoms with E-state index in [9.17, 15) is 14.4 Å². The first-order chi connectivity index (χ1) is 10.0. The molecule has 1 saturated heterocycles. The first-order valence-corrected chi connectivity index (χ1v) is 7.92. The molecule has 3 amide bonds. The third-order valence-corrected chi connectivity index (χ3v) is 4.24. The molecule has 0 saturated carbocycles. The molecule has 2 atom stereocenters. The lowest BCUT2D eigenvalue weighted by Gasteiger charge is -2.30. The lowest BCUT2D eigenvalue weighted by atomic mass is 10.1. The molecule has 0 aromatic heterocycles. The summed E-state index contributed by atoms with van der Waals surface area (Å²) in [5.74, 6) is 0.319. The molecule has 1 heterocycles. The van der Waals surface area contributed by atoms with Crippen molar-refractivity contribution in [2.45, 2.75) is 57.9 Å². The summed E-state index contributed by atoms with van der Waals surface area (Å²) in [4.78, 5) is 44.7. The Labute approximate surface area is 134 Å². The van der Waals surface area contributed by atoms with Crippen molar-refractivity contribution in [2.24, 2.45) is 0 Å². The van der Waals surface area contributed by atoms with Gasteiger partial charge >= 0.3 is 0 Å². The predicted molar refractivity (Wildman–Crippen MR) is 84.4 cm³/mol. The van der Waals surface area contributed by atoms with Gasteiger partial charge in [0.15, 0.2) is 0 Å². The van der Waals surface area contributed by atoms with Crippen molar-refractivity contribution in [3.05, 3.63) is 0 Å². The molecule has 2 N–H and O–H groups in total. The van der Waals surface area contributed by atoms with Gasteiger partial charge in [0.25, 0.3) is 6.47 Å². The number of nitrogens with one attached hydrogen (secondary N) is 1. The first kappa shape index (κ1) is 20.4. The van der Waals surface area contributed by atoms with Crippen LogP contribution in [-0.2, 0) is 19.2 Å². The summed E-state index contributed by atoms with van der Waals surface area (Å²) < 4.78 is 0. The predicted octanol–water partition coefficient (Wildman–Crippen LogP) is 0.871. The largest absolute Gasteiger partial charge is 0.483 e. The number of hydrogen-bond acceptors (Lipinski definition) is 5. The second-order valence-electron chi connectivity index (χ2n) is 5.97. The van der Waals surface area contributed by atoms with Crippen LogP contribution in [0.15, 0.2) is 0 Å². The zero-order valence-corrected chi connectivity index (χ0v) is 14.4. The van der Waals surface area contributed by atoms with Crippen molar-refractivity contribution in [2.75, 3.05) is 5.75 Å². The molecular weight excluding hydrogens is 308 g/mol. The van der Waals surface area contributed by atoms with Gasteiger partial charge in [-0.25, -0.2) is 0 Å². The highest BCUT2D eigenvalue weighted by atomic mass is 32.2. The molecule has 0 bridgehead atoms. The third kappa shape index (κ3) is 6.46. The van der Waals surface area contributed by atoms with Crippen LogP contribution in [0.3, 0.4) is 0 Å². The second kappa shape index (κ2) is 8.77. The van der Waals surface area contributed by atoms with Crippen molar-refractivity contribution in [1.29, 1.82) is 0 Å². The van der Waals surface area contributed by atoms with Crippen LogP contribution in [0.1, 0.15) is 41.0 Å². The SMILES string of the molecule is CC(=O)NC(C)CSC1CC(=O)N(C(C)(C)C)C1=O.O=CO. The molecular formula is C14H24N2O5S. The Kier molecular flexibility index (Phi) is 8.15. The van der Waals surface area contributed by atoms with Crippen molar-refractivity contribution in [3.63, 3.8) is 0 Å². The lowest BCUT2D eigenvalue weighted by molar-refractivity contribution is -0.143. The van der Waals surface area contributed by atoms with Crippen molar-refractivity contribution >= 4 is 36.0 Å². The Bertz CT molecular complexity index is 433. The van der Waals surface area contributed by atoms with Gasteiger partial charge in [-0.2, -0.15) is 0 Å². The smallest absolute Gasteiger partial charge is 0.290 e. The van der Waals surface area contributed by atoms with E-state index in [0.717, 1.165) is 0 Å².